The van der Waals surface area contributed by atoms with Crippen LogP contribution in [0.3, 0.4) is 0 Å². The van der Waals surface area contributed by atoms with Crippen molar-refractivity contribution in [3.8, 4) is 0 Å². The van der Waals surface area contributed by atoms with Crippen molar-refractivity contribution in [2.24, 2.45) is 0 Å². The average Bonchev–Trinajstić information content (AvgIpc) is 2.68. The van der Waals surface area contributed by atoms with Gasteiger partial charge in [0.25, 0.3) is 0 Å². The molecule has 0 unspecified atom stereocenters. The third-order valence-electron chi connectivity index (χ3n) is 2.32. The van der Waals surface area contributed by atoms with Crippen LogP contribution in [0, 0.1) is 0 Å². The molecular weight excluding hydrogens is 235 g/mol. The molecule has 2 N–H and O–H groups in total. The van der Waals surface area contributed by atoms with Crippen molar-refractivity contribution in [1.29, 1.82) is 0 Å². The summed E-state index contributed by atoms with van der Waals surface area (Å²) in [5, 5.41) is 1.08. The monoisotopic (exact) mass is 245 g/mol. The summed E-state index contributed by atoms with van der Waals surface area (Å²) in [5.74, 6) is -0.625. The first-order valence-corrected chi connectivity index (χ1v) is 4.98. The van der Waals surface area contributed by atoms with Crippen molar-refractivity contribution in [3.05, 3.63) is 24.3 Å². The summed E-state index contributed by atoms with van der Waals surface area (Å²) in [5.41, 5.74) is 6.41. The van der Waals surface area contributed by atoms with E-state index in [1.165, 1.54) is 0 Å². The summed E-state index contributed by atoms with van der Waals surface area (Å²) in [4.78, 5) is 11.6. The Morgan fingerprint density at radius 3 is 2.71 bits per heavy atom. The Morgan fingerprint density at radius 2 is 2.00 bits per heavy atom. The quantitative estimate of drug-likeness (QED) is 0.839. The number of para-hydroxylation sites is 2. The number of rotatable bonds is 2. The number of benzene rings is 1. The van der Waals surface area contributed by atoms with Crippen LogP contribution in [0.1, 0.15) is 12.8 Å². The van der Waals surface area contributed by atoms with Gasteiger partial charge in [0.15, 0.2) is 0 Å². The largest absolute Gasteiger partial charge is 0.389 e. The van der Waals surface area contributed by atoms with Crippen molar-refractivity contribution in [2.45, 2.75) is 19.0 Å². The fraction of sp³-hybridized carbons (Fsp3) is 0.300. The number of hydrazine groups is 2. The zero-order valence-corrected chi connectivity index (χ0v) is 8.71. The van der Waals surface area contributed by atoms with Gasteiger partial charge in [-0.05, 0) is 12.1 Å². The number of hydrogen-bond acceptors (Lipinski definition) is 3. The molecule has 0 saturated heterocycles. The fourth-order valence-electron chi connectivity index (χ4n) is 1.51. The van der Waals surface area contributed by atoms with Crippen molar-refractivity contribution in [3.63, 3.8) is 0 Å². The van der Waals surface area contributed by atoms with Crippen LogP contribution in [0.15, 0.2) is 24.3 Å². The van der Waals surface area contributed by atoms with Gasteiger partial charge in [-0.2, -0.15) is 13.2 Å². The Balaban J connectivity index is 2.03. The lowest BCUT2D eigenvalue weighted by Crippen LogP contribution is -2.41. The predicted molar refractivity (Wildman–Crippen MR) is 56.0 cm³/mol. The minimum atomic E-state index is -4.32. The summed E-state index contributed by atoms with van der Waals surface area (Å²) in [6.45, 7) is 0. The topological polar surface area (TPSA) is 44.4 Å². The van der Waals surface area contributed by atoms with E-state index in [9.17, 15) is 18.0 Å². The summed E-state index contributed by atoms with van der Waals surface area (Å²) in [6.07, 6.45) is -6.01. The summed E-state index contributed by atoms with van der Waals surface area (Å²) < 4.78 is 36.0. The van der Waals surface area contributed by atoms with Gasteiger partial charge in [0.05, 0.1) is 17.8 Å². The SMILES string of the molecule is O=C(CCC(F)(F)F)N1NNc2ccccc21. The molecule has 0 aliphatic carbocycles. The zero-order valence-electron chi connectivity index (χ0n) is 8.71. The van der Waals surface area contributed by atoms with E-state index in [0.717, 1.165) is 5.01 Å². The van der Waals surface area contributed by atoms with Crippen LogP contribution in [-0.2, 0) is 4.79 Å². The van der Waals surface area contributed by atoms with Crippen LogP contribution in [0.5, 0.6) is 0 Å². The molecule has 1 aliphatic heterocycles. The summed E-state index contributed by atoms with van der Waals surface area (Å²) in [6, 6.07) is 6.84. The lowest BCUT2D eigenvalue weighted by Gasteiger charge is -2.16. The third-order valence-corrected chi connectivity index (χ3v) is 2.32. The first kappa shape index (κ1) is 11.7. The number of anilines is 2. The van der Waals surface area contributed by atoms with Gasteiger partial charge in [0, 0.05) is 6.42 Å². The third kappa shape index (κ3) is 2.68. The zero-order chi connectivity index (χ0) is 12.5. The second-order valence-corrected chi connectivity index (χ2v) is 3.60. The van der Waals surface area contributed by atoms with E-state index in [4.69, 9.17) is 0 Å². The number of fused-ring (bicyclic) bond motifs is 1. The van der Waals surface area contributed by atoms with Gasteiger partial charge >= 0.3 is 6.18 Å². The second-order valence-electron chi connectivity index (χ2n) is 3.60. The number of hydrogen-bond donors (Lipinski definition) is 2. The van der Waals surface area contributed by atoms with Crippen molar-refractivity contribution < 1.29 is 18.0 Å². The van der Waals surface area contributed by atoms with Gasteiger partial charge in [-0.3, -0.25) is 4.79 Å². The van der Waals surface area contributed by atoms with E-state index in [1.807, 2.05) is 0 Å². The molecule has 0 bridgehead atoms. The molecule has 7 heteroatoms. The maximum absolute atomic E-state index is 12.0. The van der Waals surface area contributed by atoms with Crippen LogP contribution < -0.4 is 16.0 Å². The summed E-state index contributed by atoms with van der Waals surface area (Å²) >= 11 is 0. The molecule has 0 radical (unpaired) electrons. The van der Waals surface area contributed by atoms with Crippen LogP contribution >= 0.6 is 0 Å². The maximum Gasteiger partial charge on any atom is 0.389 e. The van der Waals surface area contributed by atoms with E-state index >= 15 is 0 Å². The molecule has 0 atom stereocenters. The van der Waals surface area contributed by atoms with Gasteiger partial charge in [0.2, 0.25) is 5.91 Å². The molecule has 0 aromatic heterocycles. The second kappa shape index (κ2) is 4.25. The number of carbonyl (C=O) groups excluding carboxylic acids is 1. The molecule has 1 aromatic rings. The number of nitrogens with zero attached hydrogens (tertiary/aromatic N) is 1. The minimum absolute atomic E-state index is 0.527. The lowest BCUT2D eigenvalue weighted by molar-refractivity contribution is -0.143. The van der Waals surface area contributed by atoms with Gasteiger partial charge in [-0.1, -0.05) is 12.1 Å². The number of carbonyl (C=O) groups is 1. The van der Waals surface area contributed by atoms with E-state index in [1.54, 1.807) is 24.3 Å². The molecule has 0 fully saturated rings. The van der Waals surface area contributed by atoms with Crippen molar-refractivity contribution in [1.82, 2.24) is 5.53 Å². The highest BCUT2D eigenvalue weighted by Crippen LogP contribution is 2.29. The van der Waals surface area contributed by atoms with Crippen LogP contribution in [0.4, 0.5) is 24.5 Å². The highest BCUT2D eigenvalue weighted by atomic mass is 19.4. The Hall–Kier alpha value is -1.76. The molecule has 1 heterocycles. The molecule has 1 aromatic carbocycles. The fourth-order valence-corrected chi connectivity index (χ4v) is 1.51. The Kier molecular flexibility index (Phi) is 2.93. The van der Waals surface area contributed by atoms with Gasteiger partial charge < -0.3 is 5.43 Å². The molecule has 4 nitrogen and oxygen atoms in total. The molecule has 0 spiro atoms. The molecule has 1 amide bonds. The van der Waals surface area contributed by atoms with Crippen LogP contribution in [-0.4, -0.2) is 12.1 Å². The van der Waals surface area contributed by atoms with Crippen LogP contribution in [0.2, 0.25) is 0 Å². The first-order valence-electron chi connectivity index (χ1n) is 4.98. The highest BCUT2D eigenvalue weighted by Gasteiger charge is 2.31. The number of halogens is 3. The van der Waals surface area contributed by atoms with Crippen molar-refractivity contribution >= 4 is 17.3 Å². The minimum Gasteiger partial charge on any atom is -0.301 e. The van der Waals surface area contributed by atoms with Crippen molar-refractivity contribution in [2.75, 3.05) is 10.4 Å². The molecule has 17 heavy (non-hydrogen) atoms. The molecule has 1 aliphatic rings. The molecule has 92 valence electrons. The number of alkyl halides is 3. The molecular formula is C10H10F3N3O. The normalized spacial score (nSPS) is 14.4. The molecule has 2 rings (SSSR count). The first-order chi connectivity index (χ1) is 7.97. The van der Waals surface area contributed by atoms with E-state index < -0.39 is 24.9 Å². The Labute approximate surface area is 95.3 Å². The lowest BCUT2D eigenvalue weighted by atomic mass is 10.2. The standard InChI is InChI=1S/C10H10F3N3O/c11-10(12,13)6-5-9(17)16-8-4-2-1-3-7(8)14-15-16/h1-4,14-15H,5-6H2. The smallest absolute Gasteiger partial charge is 0.301 e. The number of nitrogens with one attached hydrogen (secondary N) is 2. The number of amides is 1. The van der Waals surface area contributed by atoms with Gasteiger partial charge in [-0.15, -0.1) is 5.53 Å². The van der Waals surface area contributed by atoms with E-state index in [2.05, 4.69) is 11.0 Å². The average molecular weight is 245 g/mol. The van der Waals surface area contributed by atoms with Gasteiger partial charge in [-0.25, -0.2) is 5.01 Å². The Morgan fingerprint density at radius 1 is 1.29 bits per heavy atom. The summed E-state index contributed by atoms with van der Waals surface area (Å²) in [7, 11) is 0. The Bertz CT molecular complexity index is 433. The van der Waals surface area contributed by atoms with E-state index in [-0.39, 0.29) is 0 Å². The predicted octanol–water partition coefficient (Wildman–Crippen LogP) is 2.21. The highest BCUT2D eigenvalue weighted by molar-refractivity contribution is 5.97. The van der Waals surface area contributed by atoms with Gasteiger partial charge in [0.1, 0.15) is 0 Å². The maximum atomic E-state index is 12.0. The van der Waals surface area contributed by atoms with E-state index in [0.29, 0.717) is 11.4 Å². The molecule has 0 saturated carbocycles. The van der Waals surface area contributed by atoms with Crippen LogP contribution in [0.25, 0.3) is 0 Å².